The number of fused-ring (bicyclic) bond motifs is 1. The lowest BCUT2D eigenvalue weighted by Gasteiger charge is -2.12. The Bertz CT molecular complexity index is 903. The summed E-state index contributed by atoms with van der Waals surface area (Å²) in [6.45, 7) is 1.47. The fourth-order valence-corrected chi connectivity index (χ4v) is 2.84. The van der Waals surface area contributed by atoms with Gasteiger partial charge in [-0.3, -0.25) is 9.59 Å². The Kier molecular flexibility index (Phi) is 3.77. The van der Waals surface area contributed by atoms with Gasteiger partial charge in [0.25, 0.3) is 11.8 Å². The molecule has 0 saturated heterocycles. The standard InChI is InChI=1S/C17H15N5O3/c23-16(14-5-18-9-20-14)19-4-11-1-2-12-6-22(7-13(12)3-11)17(24)15-8-25-10-21-15/h1-3,5,8-10H,4,6-7H2,(H,18,20)(H,19,23). The van der Waals surface area contributed by atoms with E-state index in [1.165, 1.54) is 25.2 Å². The van der Waals surface area contributed by atoms with Crippen molar-refractivity contribution in [1.29, 1.82) is 0 Å². The second kappa shape index (κ2) is 6.23. The van der Waals surface area contributed by atoms with Crippen molar-refractivity contribution >= 4 is 11.8 Å². The molecule has 1 aliphatic heterocycles. The molecule has 0 aliphatic carbocycles. The third-order valence-corrected chi connectivity index (χ3v) is 4.13. The highest BCUT2D eigenvalue weighted by molar-refractivity contribution is 5.92. The molecule has 126 valence electrons. The zero-order chi connectivity index (χ0) is 17.2. The van der Waals surface area contributed by atoms with Crippen LogP contribution in [0.4, 0.5) is 0 Å². The van der Waals surface area contributed by atoms with Gasteiger partial charge in [-0.25, -0.2) is 9.97 Å². The first-order valence-corrected chi connectivity index (χ1v) is 7.75. The number of aromatic nitrogens is 3. The number of H-pyrrole nitrogens is 1. The van der Waals surface area contributed by atoms with Crippen LogP contribution in [0.5, 0.6) is 0 Å². The number of rotatable bonds is 4. The third kappa shape index (κ3) is 3.01. The minimum Gasteiger partial charge on any atom is -0.451 e. The summed E-state index contributed by atoms with van der Waals surface area (Å²) in [6.07, 6.45) is 5.54. The summed E-state index contributed by atoms with van der Waals surface area (Å²) in [7, 11) is 0. The van der Waals surface area contributed by atoms with E-state index in [0.717, 1.165) is 16.7 Å². The fraction of sp³-hybridized carbons (Fsp3) is 0.176. The molecular formula is C17H15N5O3. The van der Waals surface area contributed by atoms with E-state index in [1.54, 1.807) is 4.90 Å². The zero-order valence-electron chi connectivity index (χ0n) is 13.2. The summed E-state index contributed by atoms with van der Waals surface area (Å²) in [6, 6.07) is 5.96. The Morgan fingerprint density at radius 1 is 1.28 bits per heavy atom. The van der Waals surface area contributed by atoms with E-state index in [0.29, 0.717) is 31.0 Å². The quantitative estimate of drug-likeness (QED) is 0.750. The molecule has 2 amide bonds. The number of hydrogen-bond acceptors (Lipinski definition) is 5. The van der Waals surface area contributed by atoms with Gasteiger partial charge >= 0.3 is 0 Å². The van der Waals surface area contributed by atoms with Gasteiger partial charge < -0.3 is 19.6 Å². The monoisotopic (exact) mass is 337 g/mol. The van der Waals surface area contributed by atoms with Crippen molar-refractivity contribution < 1.29 is 14.0 Å². The molecule has 0 atom stereocenters. The molecule has 0 saturated carbocycles. The van der Waals surface area contributed by atoms with Crippen LogP contribution >= 0.6 is 0 Å². The maximum Gasteiger partial charge on any atom is 0.276 e. The summed E-state index contributed by atoms with van der Waals surface area (Å²) in [5.74, 6) is -0.361. The van der Waals surface area contributed by atoms with Crippen LogP contribution in [0.3, 0.4) is 0 Å². The van der Waals surface area contributed by atoms with Crippen LogP contribution in [0.15, 0.2) is 47.8 Å². The predicted molar refractivity (Wildman–Crippen MR) is 86.3 cm³/mol. The normalized spacial score (nSPS) is 12.9. The summed E-state index contributed by atoms with van der Waals surface area (Å²) in [5, 5.41) is 2.84. The van der Waals surface area contributed by atoms with Gasteiger partial charge in [-0.1, -0.05) is 18.2 Å². The van der Waals surface area contributed by atoms with E-state index in [2.05, 4.69) is 20.3 Å². The highest BCUT2D eigenvalue weighted by Crippen LogP contribution is 2.25. The van der Waals surface area contributed by atoms with Crippen LogP contribution in [-0.2, 0) is 19.6 Å². The number of hydrogen-bond donors (Lipinski definition) is 2. The van der Waals surface area contributed by atoms with Crippen LogP contribution < -0.4 is 5.32 Å². The van der Waals surface area contributed by atoms with Crippen LogP contribution in [-0.4, -0.2) is 31.7 Å². The maximum absolute atomic E-state index is 12.3. The van der Waals surface area contributed by atoms with Crippen molar-refractivity contribution in [2.75, 3.05) is 0 Å². The second-order valence-electron chi connectivity index (χ2n) is 5.79. The van der Waals surface area contributed by atoms with E-state index in [-0.39, 0.29) is 11.8 Å². The van der Waals surface area contributed by atoms with Gasteiger partial charge in [0, 0.05) is 19.6 Å². The van der Waals surface area contributed by atoms with Crippen molar-refractivity contribution in [1.82, 2.24) is 25.2 Å². The Morgan fingerprint density at radius 3 is 2.92 bits per heavy atom. The number of carbonyl (C=O) groups excluding carboxylic acids is 2. The number of oxazole rings is 1. The zero-order valence-corrected chi connectivity index (χ0v) is 13.2. The summed E-state index contributed by atoms with van der Waals surface area (Å²) < 4.78 is 4.87. The number of imidazole rings is 1. The van der Waals surface area contributed by atoms with E-state index in [4.69, 9.17) is 4.42 Å². The molecule has 0 spiro atoms. The van der Waals surface area contributed by atoms with Crippen LogP contribution in [0, 0.1) is 0 Å². The molecule has 0 fully saturated rings. The van der Waals surface area contributed by atoms with Crippen molar-refractivity contribution in [2.45, 2.75) is 19.6 Å². The Morgan fingerprint density at radius 2 is 2.16 bits per heavy atom. The molecule has 0 unspecified atom stereocenters. The number of nitrogens with one attached hydrogen (secondary N) is 2. The van der Waals surface area contributed by atoms with E-state index in [1.807, 2.05) is 18.2 Å². The summed E-state index contributed by atoms with van der Waals surface area (Å²) in [4.78, 5) is 36.5. The number of benzene rings is 1. The maximum atomic E-state index is 12.3. The molecule has 0 bridgehead atoms. The SMILES string of the molecule is O=C(NCc1ccc2c(c1)CN(C(=O)c1cocn1)C2)c1cnc[nH]1. The number of nitrogens with zero attached hydrogens (tertiary/aromatic N) is 3. The van der Waals surface area contributed by atoms with Crippen molar-refractivity contribution in [3.63, 3.8) is 0 Å². The minimum atomic E-state index is -0.208. The highest BCUT2D eigenvalue weighted by Gasteiger charge is 2.25. The fourth-order valence-electron chi connectivity index (χ4n) is 2.84. The van der Waals surface area contributed by atoms with Crippen LogP contribution in [0.25, 0.3) is 0 Å². The van der Waals surface area contributed by atoms with Crippen molar-refractivity contribution in [2.24, 2.45) is 0 Å². The van der Waals surface area contributed by atoms with Gasteiger partial charge in [0.1, 0.15) is 12.0 Å². The molecule has 3 heterocycles. The van der Waals surface area contributed by atoms with Crippen molar-refractivity contribution in [3.8, 4) is 0 Å². The second-order valence-corrected chi connectivity index (χ2v) is 5.79. The molecule has 25 heavy (non-hydrogen) atoms. The average molecular weight is 337 g/mol. The van der Waals surface area contributed by atoms with Gasteiger partial charge in [0.2, 0.25) is 0 Å². The van der Waals surface area contributed by atoms with Gasteiger partial charge in [0.05, 0.1) is 12.5 Å². The van der Waals surface area contributed by atoms with Crippen LogP contribution in [0.1, 0.15) is 37.7 Å². The van der Waals surface area contributed by atoms with Gasteiger partial charge in [-0.15, -0.1) is 0 Å². The first kappa shape index (κ1) is 15.1. The lowest BCUT2D eigenvalue weighted by Crippen LogP contribution is -2.25. The molecule has 1 aliphatic rings. The largest absolute Gasteiger partial charge is 0.451 e. The highest BCUT2D eigenvalue weighted by atomic mass is 16.3. The Hall–Kier alpha value is -3.42. The third-order valence-electron chi connectivity index (χ3n) is 4.13. The van der Waals surface area contributed by atoms with Gasteiger partial charge in [0.15, 0.2) is 12.1 Å². The topological polar surface area (TPSA) is 104 Å². The van der Waals surface area contributed by atoms with E-state index >= 15 is 0 Å². The number of amides is 2. The molecule has 1 aromatic carbocycles. The van der Waals surface area contributed by atoms with Gasteiger partial charge in [-0.2, -0.15) is 0 Å². The molecule has 4 rings (SSSR count). The minimum absolute atomic E-state index is 0.154. The Labute approximate surface area is 142 Å². The molecule has 2 aromatic heterocycles. The average Bonchev–Trinajstić information content (AvgIpc) is 3.39. The molecular weight excluding hydrogens is 322 g/mol. The smallest absolute Gasteiger partial charge is 0.276 e. The van der Waals surface area contributed by atoms with Crippen molar-refractivity contribution in [3.05, 3.63) is 71.5 Å². The summed E-state index contributed by atoms with van der Waals surface area (Å²) >= 11 is 0. The lowest BCUT2D eigenvalue weighted by molar-refractivity contribution is 0.0745. The van der Waals surface area contributed by atoms with Crippen LogP contribution in [0.2, 0.25) is 0 Å². The molecule has 2 N–H and O–H groups in total. The molecule has 3 aromatic rings. The first-order valence-electron chi connectivity index (χ1n) is 7.75. The predicted octanol–water partition coefficient (Wildman–Crippen LogP) is 1.48. The molecule has 8 nitrogen and oxygen atoms in total. The lowest BCUT2D eigenvalue weighted by atomic mass is 10.1. The van der Waals surface area contributed by atoms with E-state index < -0.39 is 0 Å². The van der Waals surface area contributed by atoms with Gasteiger partial charge in [-0.05, 0) is 16.7 Å². The first-order chi connectivity index (χ1) is 12.2. The van der Waals surface area contributed by atoms with E-state index in [9.17, 15) is 9.59 Å². The molecule has 0 radical (unpaired) electrons. The number of aromatic amines is 1. The summed E-state index contributed by atoms with van der Waals surface area (Å²) in [5.41, 5.74) is 3.87. The Balaban J connectivity index is 1.41. The number of carbonyl (C=O) groups is 2. The molecule has 8 heteroatoms.